The van der Waals surface area contributed by atoms with E-state index in [4.69, 9.17) is 19.2 Å². The minimum atomic E-state index is 0.132. The van der Waals surface area contributed by atoms with Crippen molar-refractivity contribution in [3.05, 3.63) is 23.8 Å². The summed E-state index contributed by atoms with van der Waals surface area (Å²) in [5.74, 6) is 2.77. The van der Waals surface area contributed by atoms with Gasteiger partial charge in [0.2, 0.25) is 12.7 Å². The summed E-state index contributed by atoms with van der Waals surface area (Å²) in [6.45, 7) is 2.23. The molecule has 2 aromatic rings. The van der Waals surface area contributed by atoms with E-state index in [0.29, 0.717) is 13.1 Å². The van der Waals surface area contributed by atoms with Crippen molar-refractivity contribution in [1.82, 2.24) is 9.88 Å². The highest BCUT2D eigenvalue weighted by Gasteiger charge is 2.30. The number of amides is 1. The van der Waals surface area contributed by atoms with Crippen molar-refractivity contribution < 1.29 is 19.0 Å². The number of anilines is 1. The number of hydrogen-bond acceptors (Lipinski definition) is 6. The molecule has 1 amide bonds. The molecule has 0 radical (unpaired) electrons. The molecule has 1 atom stereocenters. The third kappa shape index (κ3) is 4.35. The van der Waals surface area contributed by atoms with Gasteiger partial charge in [0.1, 0.15) is 5.82 Å². The van der Waals surface area contributed by atoms with Crippen LogP contribution in [0.1, 0.15) is 50.5 Å². The van der Waals surface area contributed by atoms with Crippen molar-refractivity contribution in [3.8, 4) is 11.5 Å². The monoisotopic (exact) mass is 439 g/mol. The Morgan fingerprint density at radius 3 is 2.53 bits per heavy atom. The van der Waals surface area contributed by atoms with E-state index >= 15 is 0 Å². The zero-order valence-corrected chi connectivity index (χ0v) is 19.1. The second kappa shape index (κ2) is 9.14. The Balaban J connectivity index is 1.47. The molecule has 3 aliphatic rings. The van der Waals surface area contributed by atoms with Crippen LogP contribution in [0.25, 0.3) is 10.9 Å². The maximum Gasteiger partial charge on any atom is 0.231 e. The van der Waals surface area contributed by atoms with E-state index in [1.807, 2.05) is 36.0 Å². The number of hydrogen-bond donors (Lipinski definition) is 0. The lowest BCUT2D eigenvalue weighted by atomic mass is 9.88. The van der Waals surface area contributed by atoms with E-state index in [2.05, 4.69) is 6.07 Å². The molecule has 0 spiro atoms. The molecule has 2 aliphatic heterocycles. The normalized spacial score (nSPS) is 20.6. The molecule has 7 nitrogen and oxygen atoms in total. The standard InChI is InChI=1S/C25H33N3O4/c1-27(2)24-19(11-18-12-22-23(32-16-31-22)13-21(18)26-24)14-28(15-20-9-6-10-30-20)25(29)17-7-4-3-5-8-17/h11-13,17,20H,3-10,14-16H2,1-2H3. The third-order valence-electron chi connectivity index (χ3n) is 6.86. The Kier molecular flexibility index (Phi) is 6.09. The number of rotatable bonds is 6. The Bertz CT molecular complexity index is 981. The summed E-state index contributed by atoms with van der Waals surface area (Å²) in [5, 5.41) is 0.997. The van der Waals surface area contributed by atoms with Crippen LogP contribution in [0.2, 0.25) is 0 Å². The first-order valence-electron chi connectivity index (χ1n) is 11.9. The summed E-state index contributed by atoms with van der Waals surface area (Å²) in [4.78, 5) is 22.6. The average molecular weight is 440 g/mol. The summed E-state index contributed by atoms with van der Waals surface area (Å²) >= 11 is 0. The van der Waals surface area contributed by atoms with Gasteiger partial charge >= 0.3 is 0 Å². The van der Waals surface area contributed by atoms with Crippen LogP contribution in [0.3, 0.4) is 0 Å². The molecule has 2 fully saturated rings. The van der Waals surface area contributed by atoms with Gasteiger partial charge in [0.15, 0.2) is 11.5 Å². The average Bonchev–Trinajstić information content (AvgIpc) is 3.48. The Labute approximate surface area is 189 Å². The molecule has 5 rings (SSSR count). The van der Waals surface area contributed by atoms with E-state index in [-0.39, 0.29) is 24.7 Å². The summed E-state index contributed by atoms with van der Waals surface area (Å²) in [5.41, 5.74) is 1.91. The Morgan fingerprint density at radius 2 is 1.81 bits per heavy atom. The van der Waals surface area contributed by atoms with Crippen molar-refractivity contribution in [3.63, 3.8) is 0 Å². The van der Waals surface area contributed by atoms with Gasteiger partial charge in [-0.05, 0) is 37.8 Å². The fraction of sp³-hybridized carbons (Fsp3) is 0.600. The molecular formula is C25H33N3O4. The van der Waals surface area contributed by atoms with Crippen molar-refractivity contribution >= 4 is 22.6 Å². The van der Waals surface area contributed by atoms with Gasteiger partial charge < -0.3 is 24.0 Å². The van der Waals surface area contributed by atoms with Crippen LogP contribution in [0.15, 0.2) is 18.2 Å². The number of fused-ring (bicyclic) bond motifs is 2. The SMILES string of the molecule is CN(C)c1nc2cc3c(cc2cc1CN(CC1CCCO1)C(=O)C1CCCCC1)OCO3. The summed E-state index contributed by atoms with van der Waals surface area (Å²) in [6.07, 6.45) is 7.77. The van der Waals surface area contributed by atoms with Crippen LogP contribution in [0.5, 0.6) is 11.5 Å². The molecule has 1 saturated carbocycles. The minimum absolute atomic E-state index is 0.132. The van der Waals surface area contributed by atoms with E-state index in [0.717, 1.165) is 78.9 Å². The first kappa shape index (κ1) is 21.3. The predicted octanol–water partition coefficient (Wildman–Crippen LogP) is 4.12. The Morgan fingerprint density at radius 1 is 1.03 bits per heavy atom. The molecular weight excluding hydrogens is 406 g/mol. The molecule has 172 valence electrons. The molecule has 1 aliphatic carbocycles. The van der Waals surface area contributed by atoms with Gasteiger partial charge in [0.25, 0.3) is 0 Å². The van der Waals surface area contributed by atoms with Gasteiger partial charge in [0.05, 0.1) is 11.6 Å². The number of carbonyl (C=O) groups is 1. The topological polar surface area (TPSA) is 64.1 Å². The molecule has 0 N–H and O–H groups in total. The van der Waals surface area contributed by atoms with Crippen LogP contribution in [-0.2, 0) is 16.1 Å². The molecule has 1 aromatic carbocycles. The van der Waals surface area contributed by atoms with Gasteiger partial charge in [-0.25, -0.2) is 4.98 Å². The molecule has 1 aromatic heterocycles. The largest absolute Gasteiger partial charge is 0.454 e. The van der Waals surface area contributed by atoms with Gasteiger partial charge in [-0.3, -0.25) is 4.79 Å². The third-order valence-corrected chi connectivity index (χ3v) is 6.86. The number of aromatic nitrogens is 1. The fourth-order valence-electron chi connectivity index (χ4n) is 5.18. The van der Waals surface area contributed by atoms with Crippen LogP contribution < -0.4 is 14.4 Å². The Hall–Kier alpha value is -2.54. The van der Waals surface area contributed by atoms with Gasteiger partial charge in [-0.1, -0.05) is 19.3 Å². The minimum Gasteiger partial charge on any atom is -0.454 e. The van der Waals surface area contributed by atoms with Crippen LogP contribution >= 0.6 is 0 Å². The maximum absolute atomic E-state index is 13.6. The highest BCUT2D eigenvalue weighted by Crippen LogP contribution is 2.37. The second-order valence-electron chi connectivity index (χ2n) is 9.45. The van der Waals surface area contributed by atoms with E-state index < -0.39 is 0 Å². The first-order valence-corrected chi connectivity index (χ1v) is 11.9. The van der Waals surface area contributed by atoms with Crippen LogP contribution in [0.4, 0.5) is 5.82 Å². The molecule has 0 bridgehead atoms. The highest BCUT2D eigenvalue weighted by molar-refractivity contribution is 5.86. The number of nitrogens with zero attached hydrogens (tertiary/aromatic N) is 3. The highest BCUT2D eigenvalue weighted by atomic mass is 16.7. The molecule has 3 heterocycles. The van der Waals surface area contributed by atoms with Crippen molar-refractivity contribution in [1.29, 1.82) is 0 Å². The first-order chi connectivity index (χ1) is 15.6. The predicted molar refractivity (Wildman–Crippen MR) is 123 cm³/mol. The lowest BCUT2D eigenvalue weighted by molar-refractivity contribution is -0.138. The van der Waals surface area contributed by atoms with Crippen molar-refractivity contribution in [2.45, 2.75) is 57.6 Å². The summed E-state index contributed by atoms with van der Waals surface area (Å²) < 4.78 is 17.0. The number of benzene rings is 1. The number of pyridine rings is 1. The van der Waals surface area contributed by atoms with Crippen molar-refractivity contribution in [2.24, 2.45) is 5.92 Å². The van der Waals surface area contributed by atoms with Crippen LogP contribution in [-0.4, -0.2) is 55.9 Å². The number of ether oxygens (including phenoxy) is 3. The zero-order chi connectivity index (χ0) is 22.1. The smallest absolute Gasteiger partial charge is 0.231 e. The quantitative estimate of drug-likeness (QED) is 0.675. The lowest BCUT2D eigenvalue weighted by Crippen LogP contribution is -2.41. The molecule has 7 heteroatoms. The van der Waals surface area contributed by atoms with E-state index in [1.165, 1.54) is 6.42 Å². The molecule has 1 unspecified atom stereocenters. The molecule has 1 saturated heterocycles. The maximum atomic E-state index is 13.6. The van der Waals surface area contributed by atoms with Crippen molar-refractivity contribution in [2.75, 3.05) is 38.9 Å². The fourth-order valence-corrected chi connectivity index (χ4v) is 5.18. The summed E-state index contributed by atoms with van der Waals surface area (Å²) in [6, 6.07) is 6.07. The van der Waals surface area contributed by atoms with E-state index in [1.54, 1.807) is 0 Å². The second-order valence-corrected chi connectivity index (χ2v) is 9.45. The van der Waals surface area contributed by atoms with Gasteiger partial charge in [-0.2, -0.15) is 0 Å². The molecule has 32 heavy (non-hydrogen) atoms. The zero-order valence-electron chi connectivity index (χ0n) is 19.1. The van der Waals surface area contributed by atoms with Gasteiger partial charge in [0, 0.05) is 56.7 Å². The van der Waals surface area contributed by atoms with E-state index in [9.17, 15) is 4.79 Å². The lowest BCUT2D eigenvalue weighted by Gasteiger charge is -2.32. The van der Waals surface area contributed by atoms with Crippen LogP contribution in [0, 0.1) is 5.92 Å². The summed E-state index contributed by atoms with van der Waals surface area (Å²) in [7, 11) is 4.00. The van der Waals surface area contributed by atoms with Gasteiger partial charge in [-0.15, -0.1) is 0 Å². The number of carbonyl (C=O) groups excluding carboxylic acids is 1.